The SMILES string of the molecule is CC(OC(=O)C1CCCCC1)C(=O)Nc1ccc(Oc2ccccc2)cc1. The second kappa shape index (κ2) is 9.21. The van der Waals surface area contributed by atoms with Crippen LogP contribution in [-0.4, -0.2) is 18.0 Å². The van der Waals surface area contributed by atoms with Gasteiger partial charge in [0.25, 0.3) is 5.91 Å². The van der Waals surface area contributed by atoms with Gasteiger partial charge in [0, 0.05) is 5.69 Å². The Morgan fingerprint density at radius 2 is 1.56 bits per heavy atom. The van der Waals surface area contributed by atoms with E-state index in [1.54, 1.807) is 31.2 Å². The van der Waals surface area contributed by atoms with Gasteiger partial charge in [0.15, 0.2) is 6.10 Å². The topological polar surface area (TPSA) is 64.6 Å². The Labute approximate surface area is 159 Å². The van der Waals surface area contributed by atoms with Gasteiger partial charge in [-0.15, -0.1) is 0 Å². The van der Waals surface area contributed by atoms with E-state index in [1.165, 1.54) is 6.42 Å². The fourth-order valence-corrected chi connectivity index (χ4v) is 3.14. The Hall–Kier alpha value is -2.82. The maximum atomic E-state index is 12.3. The van der Waals surface area contributed by atoms with E-state index in [0.717, 1.165) is 31.4 Å². The standard InChI is InChI=1S/C22H25NO4/c1-16(26-22(25)17-8-4-2-5-9-17)21(24)23-18-12-14-20(15-13-18)27-19-10-6-3-7-11-19/h3,6-7,10-17H,2,4-5,8-9H2,1H3,(H,23,24). The molecule has 0 radical (unpaired) electrons. The highest BCUT2D eigenvalue weighted by molar-refractivity contribution is 5.95. The predicted octanol–water partition coefficient (Wildman–Crippen LogP) is 4.93. The second-order valence-electron chi connectivity index (χ2n) is 6.84. The minimum Gasteiger partial charge on any atom is -0.457 e. The van der Waals surface area contributed by atoms with Gasteiger partial charge in [0.2, 0.25) is 0 Å². The van der Waals surface area contributed by atoms with Crippen LogP contribution in [0.5, 0.6) is 11.5 Å². The normalized spacial score (nSPS) is 15.6. The number of carbonyl (C=O) groups excluding carboxylic acids is 2. The molecule has 2 aromatic rings. The van der Waals surface area contributed by atoms with Crippen molar-refractivity contribution >= 4 is 17.6 Å². The van der Waals surface area contributed by atoms with Crippen LogP contribution in [0.2, 0.25) is 0 Å². The molecule has 142 valence electrons. The van der Waals surface area contributed by atoms with Crippen molar-refractivity contribution in [3.63, 3.8) is 0 Å². The van der Waals surface area contributed by atoms with Gasteiger partial charge in [-0.05, 0) is 56.2 Å². The maximum Gasteiger partial charge on any atom is 0.309 e. The molecule has 1 amide bonds. The number of hydrogen-bond donors (Lipinski definition) is 1. The van der Waals surface area contributed by atoms with E-state index >= 15 is 0 Å². The van der Waals surface area contributed by atoms with E-state index in [0.29, 0.717) is 11.4 Å². The summed E-state index contributed by atoms with van der Waals surface area (Å²) in [5.41, 5.74) is 0.626. The van der Waals surface area contributed by atoms with Crippen LogP contribution in [0.1, 0.15) is 39.0 Å². The summed E-state index contributed by atoms with van der Waals surface area (Å²) in [4.78, 5) is 24.5. The van der Waals surface area contributed by atoms with Gasteiger partial charge in [-0.1, -0.05) is 37.5 Å². The van der Waals surface area contributed by atoms with Gasteiger partial charge in [-0.3, -0.25) is 9.59 Å². The van der Waals surface area contributed by atoms with Gasteiger partial charge in [0.05, 0.1) is 5.92 Å². The first-order chi connectivity index (χ1) is 13.1. The third-order valence-corrected chi connectivity index (χ3v) is 4.70. The second-order valence-corrected chi connectivity index (χ2v) is 6.84. The lowest BCUT2D eigenvalue weighted by atomic mass is 9.89. The van der Waals surface area contributed by atoms with Crippen LogP contribution in [0, 0.1) is 5.92 Å². The van der Waals surface area contributed by atoms with Crippen LogP contribution in [0.15, 0.2) is 54.6 Å². The minimum absolute atomic E-state index is 0.0663. The third kappa shape index (κ3) is 5.58. The highest BCUT2D eigenvalue weighted by Crippen LogP contribution is 2.25. The summed E-state index contributed by atoms with van der Waals surface area (Å²) in [5.74, 6) is 0.761. The molecule has 0 aliphatic heterocycles. The highest BCUT2D eigenvalue weighted by Gasteiger charge is 2.26. The van der Waals surface area contributed by atoms with Crippen molar-refractivity contribution in [3.8, 4) is 11.5 Å². The van der Waals surface area contributed by atoms with Crippen molar-refractivity contribution in [2.45, 2.75) is 45.1 Å². The van der Waals surface area contributed by atoms with Crippen LogP contribution < -0.4 is 10.1 Å². The lowest BCUT2D eigenvalue weighted by molar-refractivity contribution is -0.158. The molecule has 1 N–H and O–H groups in total. The number of amides is 1. The highest BCUT2D eigenvalue weighted by atomic mass is 16.5. The number of benzene rings is 2. The summed E-state index contributed by atoms with van der Waals surface area (Å²) in [7, 11) is 0. The lowest BCUT2D eigenvalue weighted by Gasteiger charge is -2.22. The molecule has 1 aliphatic rings. The van der Waals surface area contributed by atoms with E-state index in [4.69, 9.17) is 9.47 Å². The number of esters is 1. The van der Waals surface area contributed by atoms with Crippen LogP contribution in [0.25, 0.3) is 0 Å². The van der Waals surface area contributed by atoms with Crippen LogP contribution in [0.3, 0.4) is 0 Å². The van der Waals surface area contributed by atoms with Crippen molar-refractivity contribution in [3.05, 3.63) is 54.6 Å². The number of nitrogens with one attached hydrogen (secondary N) is 1. The Morgan fingerprint density at radius 1 is 0.926 bits per heavy atom. The zero-order valence-corrected chi connectivity index (χ0v) is 15.5. The van der Waals surface area contributed by atoms with Crippen molar-refractivity contribution < 1.29 is 19.1 Å². The first-order valence-corrected chi connectivity index (χ1v) is 9.46. The number of anilines is 1. The third-order valence-electron chi connectivity index (χ3n) is 4.70. The van der Waals surface area contributed by atoms with Crippen molar-refractivity contribution in [2.75, 3.05) is 5.32 Å². The van der Waals surface area contributed by atoms with Gasteiger partial charge >= 0.3 is 5.97 Å². The summed E-state index contributed by atoms with van der Waals surface area (Å²) < 4.78 is 11.1. The van der Waals surface area contributed by atoms with Gasteiger partial charge in [-0.2, -0.15) is 0 Å². The molecule has 1 aliphatic carbocycles. The van der Waals surface area contributed by atoms with E-state index in [-0.39, 0.29) is 17.8 Å². The molecule has 0 saturated heterocycles. The fraction of sp³-hybridized carbons (Fsp3) is 0.364. The average Bonchev–Trinajstić information content (AvgIpc) is 2.71. The number of rotatable bonds is 6. The molecular formula is C22H25NO4. The average molecular weight is 367 g/mol. The Balaban J connectivity index is 1.50. The molecule has 5 nitrogen and oxygen atoms in total. The quantitative estimate of drug-likeness (QED) is 0.735. The van der Waals surface area contributed by atoms with E-state index in [9.17, 15) is 9.59 Å². The van der Waals surface area contributed by atoms with E-state index in [2.05, 4.69) is 5.32 Å². The van der Waals surface area contributed by atoms with Crippen LogP contribution in [-0.2, 0) is 14.3 Å². The number of para-hydroxylation sites is 1. The van der Waals surface area contributed by atoms with Gasteiger partial charge in [-0.25, -0.2) is 0 Å². The lowest BCUT2D eigenvalue weighted by Crippen LogP contribution is -2.32. The maximum absolute atomic E-state index is 12.3. The minimum atomic E-state index is -0.820. The number of ether oxygens (including phenoxy) is 2. The summed E-state index contributed by atoms with van der Waals surface area (Å²) in [6.45, 7) is 1.60. The number of carbonyl (C=O) groups is 2. The van der Waals surface area contributed by atoms with Crippen LogP contribution in [0.4, 0.5) is 5.69 Å². The molecule has 27 heavy (non-hydrogen) atoms. The molecule has 2 aromatic carbocycles. The van der Waals surface area contributed by atoms with E-state index < -0.39 is 6.10 Å². The molecule has 0 heterocycles. The molecule has 0 aromatic heterocycles. The molecule has 0 spiro atoms. The zero-order chi connectivity index (χ0) is 19.1. The molecule has 1 fully saturated rings. The van der Waals surface area contributed by atoms with Crippen LogP contribution >= 0.6 is 0 Å². The Bertz CT molecular complexity index is 752. The summed E-state index contributed by atoms with van der Waals surface area (Å²) in [5, 5.41) is 2.77. The fourth-order valence-electron chi connectivity index (χ4n) is 3.14. The van der Waals surface area contributed by atoms with Crippen molar-refractivity contribution in [2.24, 2.45) is 5.92 Å². The molecule has 1 saturated carbocycles. The molecular weight excluding hydrogens is 342 g/mol. The summed E-state index contributed by atoms with van der Waals surface area (Å²) in [6.07, 6.45) is 4.17. The smallest absolute Gasteiger partial charge is 0.309 e. The summed E-state index contributed by atoms with van der Waals surface area (Å²) >= 11 is 0. The molecule has 1 atom stereocenters. The first-order valence-electron chi connectivity index (χ1n) is 9.46. The predicted molar refractivity (Wildman–Crippen MR) is 104 cm³/mol. The van der Waals surface area contributed by atoms with Gasteiger partial charge < -0.3 is 14.8 Å². The molecule has 3 rings (SSSR count). The van der Waals surface area contributed by atoms with Crippen molar-refractivity contribution in [1.82, 2.24) is 0 Å². The zero-order valence-electron chi connectivity index (χ0n) is 15.5. The Morgan fingerprint density at radius 3 is 2.22 bits per heavy atom. The molecule has 0 bridgehead atoms. The molecule has 1 unspecified atom stereocenters. The Kier molecular flexibility index (Phi) is 6.47. The monoisotopic (exact) mass is 367 g/mol. The number of hydrogen-bond acceptors (Lipinski definition) is 4. The van der Waals surface area contributed by atoms with E-state index in [1.807, 2.05) is 30.3 Å². The molecule has 5 heteroatoms. The first kappa shape index (κ1) is 19.0. The summed E-state index contributed by atoms with van der Waals surface area (Å²) in [6, 6.07) is 16.5. The largest absolute Gasteiger partial charge is 0.457 e. The van der Waals surface area contributed by atoms with Gasteiger partial charge in [0.1, 0.15) is 11.5 Å². The van der Waals surface area contributed by atoms with Crippen molar-refractivity contribution in [1.29, 1.82) is 0 Å².